The molecule has 2 unspecified atom stereocenters. The van der Waals surface area contributed by atoms with E-state index in [1.54, 1.807) is 0 Å². The van der Waals surface area contributed by atoms with Crippen LogP contribution in [0, 0.1) is 0 Å². The Kier molecular flexibility index (Phi) is 3.95. The highest BCUT2D eigenvalue weighted by Crippen LogP contribution is 2.36. The standard InChI is InChI=1S/C14H18F3N/c1-18-13-8-3-2-7-12(13)10-5-4-6-11(9-10)14(15,16)17/h4-6,9,12-13,18H,2-3,7-8H2,1H3. The average molecular weight is 257 g/mol. The molecule has 0 radical (unpaired) electrons. The van der Waals surface area contributed by atoms with E-state index in [1.165, 1.54) is 12.1 Å². The van der Waals surface area contributed by atoms with Crippen molar-refractivity contribution in [3.63, 3.8) is 0 Å². The first-order valence-electron chi connectivity index (χ1n) is 6.37. The van der Waals surface area contributed by atoms with E-state index in [1.807, 2.05) is 13.1 Å². The molecular formula is C14H18F3N. The maximum absolute atomic E-state index is 12.7. The number of rotatable bonds is 2. The van der Waals surface area contributed by atoms with Crippen LogP contribution in [0.5, 0.6) is 0 Å². The molecule has 1 aromatic carbocycles. The Morgan fingerprint density at radius 2 is 1.89 bits per heavy atom. The maximum Gasteiger partial charge on any atom is 0.416 e. The minimum absolute atomic E-state index is 0.200. The van der Waals surface area contributed by atoms with Gasteiger partial charge in [0.2, 0.25) is 0 Å². The van der Waals surface area contributed by atoms with Crippen LogP contribution in [0.4, 0.5) is 13.2 Å². The minimum atomic E-state index is -4.25. The number of hydrogen-bond acceptors (Lipinski definition) is 1. The van der Waals surface area contributed by atoms with Gasteiger partial charge in [-0.2, -0.15) is 13.2 Å². The molecule has 0 spiro atoms. The fourth-order valence-electron chi connectivity index (χ4n) is 2.82. The summed E-state index contributed by atoms with van der Waals surface area (Å²) in [4.78, 5) is 0. The van der Waals surface area contributed by atoms with Crippen molar-refractivity contribution in [2.45, 2.75) is 43.8 Å². The van der Waals surface area contributed by atoms with Crippen molar-refractivity contribution in [1.29, 1.82) is 0 Å². The summed E-state index contributed by atoms with van der Waals surface area (Å²) in [5.41, 5.74) is 0.268. The number of halogens is 3. The molecule has 0 bridgehead atoms. The molecule has 0 aliphatic heterocycles. The molecule has 1 aromatic rings. The lowest BCUT2D eigenvalue weighted by atomic mass is 9.79. The molecule has 0 saturated heterocycles. The summed E-state index contributed by atoms with van der Waals surface area (Å²) in [7, 11) is 1.89. The largest absolute Gasteiger partial charge is 0.416 e. The van der Waals surface area contributed by atoms with Crippen LogP contribution in [0.2, 0.25) is 0 Å². The van der Waals surface area contributed by atoms with E-state index >= 15 is 0 Å². The van der Waals surface area contributed by atoms with E-state index in [0.717, 1.165) is 37.3 Å². The van der Waals surface area contributed by atoms with E-state index in [-0.39, 0.29) is 5.92 Å². The van der Waals surface area contributed by atoms with Crippen molar-refractivity contribution in [1.82, 2.24) is 5.32 Å². The number of benzene rings is 1. The van der Waals surface area contributed by atoms with E-state index < -0.39 is 11.7 Å². The summed E-state index contributed by atoms with van der Waals surface area (Å²) in [5.74, 6) is 0.200. The van der Waals surface area contributed by atoms with Gasteiger partial charge >= 0.3 is 6.18 Å². The normalized spacial score (nSPS) is 25.1. The summed E-state index contributed by atoms with van der Waals surface area (Å²) < 4.78 is 38.1. The first kappa shape index (κ1) is 13.4. The monoisotopic (exact) mass is 257 g/mol. The number of nitrogens with one attached hydrogen (secondary N) is 1. The number of likely N-dealkylation sites (N-methyl/N-ethyl adjacent to an activating group) is 1. The molecule has 4 heteroatoms. The lowest BCUT2D eigenvalue weighted by Crippen LogP contribution is -2.34. The predicted octanol–water partition coefficient (Wildman–Crippen LogP) is 3.95. The molecule has 1 N–H and O–H groups in total. The summed E-state index contributed by atoms with van der Waals surface area (Å²) in [6.07, 6.45) is 0.00407. The van der Waals surface area contributed by atoms with Crippen molar-refractivity contribution in [3.05, 3.63) is 35.4 Å². The van der Waals surface area contributed by atoms with Gasteiger partial charge in [-0.05, 0) is 37.4 Å². The molecular weight excluding hydrogens is 239 g/mol. The lowest BCUT2D eigenvalue weighted by Gasteiger charge is -2.32. The Morgan fingerprint density at radius 3 is 2.56 bits per heavy atom. The summed E-state index contributed by atoms with van der Waals surface area (Å²) in [5, 5.41) is 3.23. The van der Waals surface area contributed by atoms with Crippen molar-refractivity contribution in [3.8, 4) is 0 Å². The van der Waals surface area contributed by atoms with Crippen LogP contribution in [-0.4, -0.2) is 13.1 Å². The topological polar surface area (TPSA) is 12.0 Å². The van der Waals surface area contributed by atoms with Gasteiger partial charge in [0, 0.05) is 6.04 Å². The van der Waals surface area contributed by atoms with Gasteiger partial charge in [0.15, 0.2) is 0 Å². The molecule has 1 fully saturated rings. The van der Waals surface area contributed by atoms with Crippen molar-refractivity contribution in [2.24, 2.45) is 0 Å². The van der Waals surface area contributed by atoms with Crippen LogP contribution in [0.15, 0.2) is 24.3 Å². The van der Waals surface area contributed by atoms with Gasteiger partial charge in [-0.1, -0.05) is 31.0 Å². The van der Waals surface area contributed by atoms with E-state index in [9.17, 15) is 13.2 Å². The Balaban J connectivity index is 2.27. The molecule has 1 nitrogen and oxygen atoms in total. The maximum atomic E-state index is 12.7. The zero-order chi connectivity index (χ0) is 13.2. The fourth-order valence-corrected chi connectivity index (χ4v) is 2.82. The highest BCUT2D eigenvalue weighted by Gasteiger charge is 2.32. The van der Waals surface area contributed by atoms with Crippen LogP contribution >= 0.6 is 0 Å². The molecule has 0 amide bonds. The Hall–Kier alpha value is -1.03. The third-order valence-electron chi connectivity index (χ3n) is 3.78. The van der Waals surface area contributed by atoms with Crippen molar-refractivity contribution >= 4 is 0 Å². The van der Waals surface area contributed by atoms with Crippen molar-refractivity contribution in [2.75, 3.05) is 7.05 Å². The van der Waals surface area contributed by atoms with Crippen LogP contribution in [0.1, 0.15) is 42.7 Å². The lowest BCUT2D eigenvalue weighted by molar-refractivity contribution is -0.137. The minimum Gasteiger partial charge on any atom is -0.316 e. The summed E-state index contributed by atoms with van der Waals surface area (Å²) in [6.45, 7) is 0. The van der Waals surface area contributed by atoms with Gasteiger partial charge in [0.05, 0.1) is 5.56 Å². The molecule has 18 heavy (non-hydrogen) atoms. The zero-order valence-electron chi connectivity index (χ0n) is 10.4. The molecule has 1 saturated carbocycles. The quantitative estimate of drug-likeness (QED) is 0.845. The van der Waals surface area contributed by atoms with Crippen molar-refractivity contribution < 1.29 is 13.2 Å². The molecule has 1 aliphatic rings. The van der Waals surface area contributed by atoms with Crippen LogP contribution < -0.4 is 5.32 Å². The predicted molar refractivity (Wildman–Crippen MR) is 65.5 cm³/mol. The number of alkyl halides is 3. The first-order chi connectivity index (χ1) is 8.52. The molecule has 0 heterocycles. The van der Waals surface area contributed by atoms with Crippen LogP contribution in [0.25, 0.3) is 0 Å². The van der Waals surface area contributed by atoms with E-state index in [2.05, 4.69) is 5.32 Å². The second-order valence-corrected chi connectivity index (χ2v) is 4.91. The average Bonchev–Trinajstić information content (AvgIpc) is 2.38. The smallest absolute Gasteiger partial charge is 0.316 e. The summed E-state index contributed by atoms with van der Waals surface area (Å²) >= 11 is 0. The molecule has 100 valence electrons. The van der Waals surface area contributed by atoms with E-state index in [0.29, 0.717) is 6.04 Å². The first-order valence-corrected chi connectivity index (χ1v) is 6.37. The van der Waals surface area contributed by atoms with Crippen LogP contribution in [0.3, 0.4) is 0 Å². The van der Waals surface area contributed by atoms with E-state index in [4.69, 9.17) is 0 Å². The van der Waals surface area contributed by atoms with Gasteiger partial charge in [0.25, 0.3) is 0 Å². The Labute approximate surface area is 105 Å². The molecule has 0 aromatic heterocycles. The number of hydrogen-bond donors (Lipinski definition) is 1. The molecule has 2 rings (SSSR count). The SMILES string of the molecule is CNC1CCCCC1c1cccc(C(F)(F)F)c1. The Bertz CT molecular complexity index is 400. The van der Waals surface area contributed by atoms with Gasteiger partial charge in [0.1, 0.15) is 0 Å². The second-order valence-electron chi connectivity index (χ2n) is 4.91. The zero-order valence-corrected chi connectivity index (χ0v) is 10.4. The molecule has 1 aliphatic carbocycles. The van der Waals surface area contributed by atoms with Gasteiger partial charge in [-0.3, -0.25) is 0 Å². The van der Waals surface area contributed by atoms with Crippen LogP contribution in [-0.2, 0) is 6.18 Å². The Morgan fingerprint density at radius 1 is 1.17 bits per heavy atom. The fraction of sp³-hybridized carbons (Fsp3) is 0.571. The molecule has 2 atom stereocenters. The summed E-state index contributed by atoms with van der Waals surface area (Å²) in [6, 6.07) is 6.07. The van der Waals surface area contributed by atoms with Gasteiger partial charge in [-0.15, -0.1) is 0 Å². The second kappa shape index (κ2) is 5.31. The highest BCUT2D eigenvalue weighted by molar-refractivity contribution is 5.29. The third kappa shape index (κ3) is 2.86. The van der Waals surface area contributed by atoms with Gasteiger partial charge in [-0.25, -0.2) is 0 Å². The third-order valence-corrected chi connectivity index (χ3v) is 3.78. The highest BCUT2D eigenvalue weighted by atomic mass is 19.4. The van der Waals surface area contributed by atoms with Gasteiger partial charge < -0.3 is 5.32 Å².